The van der Waals surface area contributed by atoms with Crippen molar-refractivity contribution in [3.63, 3.8) is 0 Å². The number of anilines is 1. The zero-order valence-electron chi connectivity index (χ0n) is 10.7. The quantitative estimate of drug-likeness (QED) is 0.811. The van der Waals surface area contributed by atoms with E-state index in [2.05, 4.69) is 20.8 Å². The summed E-state index contributed by atoms with van der Waals surface area (Å²) in [6.07, 6.45) is 6.25. The lowest BCUT2D eigenvalue weighted by Crippen LogP contribution is -2.43. The molecule has 3 heteroatoms. The summed E-state index contributed by atoms with van der Waals surface area (Å²) >= 11 is 0. The van der Waals surface area contributed by atoms with Gasteiger partial charge in [-0.25, -0.2) is 5.06 Å². The van der Waals surface area contributed by atoms with Gasteiger partial charge in [-0.1, -0.05) is 13.3 Å². The minimum Gasteiger partial charge on any atom is -0.399 e. The summed E-state index contributed by atoms with van der Waals surface area (Å²) in [5, 5.41) is 1.93. The van der Waals surface area contributed by atoms with Crippen molar-refractivity contribution in [2.75, 3.05) is 5.73 Å². The van der Waals surface area contributed by atoms with Crippen LogP contribution in [0, 0.1) is 0 Å². The molecule has 1 aromatic rings. The van der Waals surface area contributed by atoms with E-state index in [0.717, 1.165) is 29.8 Å². The van der Waals surface area contributed by atoms with Crippen LogP contribution in [0.5, 0.6) is 5.75 Å². The molecule has 1 aliphatic rings. The van der Waals surface area contributed by atoms with Crippen LogP contribution in [-0.4, -0.2) is 10.6 Å². The Balaban J connectivity index is 2.22. The molecule has 2 N–H and O–H groups in total. The maximum atomic E-state index is 5.90. The number of nitrogens with zero attached hydrogens (tertiary/aromatic N) is 1. The van der Waals surface area contributed by atoms with Gasteiger partial charge >= 0.3 is 0 Å². The van der Waals surface area contributed by atoms with Crippen LogP contribution in [0.4, 0.5) is 5.69 Å². The number of nitrogen functional groups attached to an aromatic ring is 1. The summed E-state index contributed by atoms with van der Waals surface area (Å²) in [4.78, 5) is 5.90. The molecule has 0 aromatic heterocycles. The summed E-state index contributed by atoms with van der Waals surface area (Å²) in [7, 11) is 0. The van der Waals surface area contributed by atoms with Crippen LogP contribution < -0.4 is 10.6 Å². The molecule has 1 heterocycles. The molecule has 0 saturated carbocycles. The van der Waals surface area contributed by atoms with E-state index in [-0.39, 0.29) is 5.54 Å². The lowest BCUT2D eigenvalue weighted by Gasteiger charge is -2.38. The Morgan fingerprint density at radius 2 is 2.12 bits per heavy atom. The van der Waals surface area contributed by atoms with Crippen LogP contribution >= 0.6 is 0 Å². The van der Waals surface area contributed by atoms with Crippen LogP contribution in [0.25, 0.3) is 6.08 Å². The molecular formula is C14H20N2O. The molecule has 17 heavy (non-hydrogen) atoms. The fourth-order valence-electron chi connectivity index (χ4n) is 2.11. The highest BCUT2D eigenvalue weighted by atomic mass is 16.7. The van der Waals surface area contributed by atoms with Gasteiger partial charge in [0.15, 0.2) is 5.75 Å². The second-order valence-corrected chi connectivity index (χ2v) is 5.09. The van der Waals surface area contributed by atoms with Crippen molar-refractivity contribution in [3.05, 3.63) is 30.0 Å². The van der Waals surface area contributed by atoms with E-state index >= 15 is 0 Å². The Kier molecular flexibility index (Phi) is 3.01. The van der Waals surface area contributed by atoms with Gasteiger partial charge in [-0.2, -0.15) is 0 Å². The first kappa shape index (κ1) is 11.8. The molecule has 0 saturated heterocycles. The topological polar surface area (TPSA) is 38.5 Å². The van der Waals surface area contributed by atoms with Gasteiger partial charge in [0, 0.05) is 17.5 Å². The summed E-state index contributed by atoms with van der Waals surface area (Å²) in [5.41, 5.74) is 7.55. The molecule has 0 bridgehead atoms. The van der Waals surface area contributed by atoms with Gasteiger partial charge in [0.25, 0.3) is 0 Å². The molecule has 0 unspecified atom stereocenters. The zero-order chi connectivity index (χ0) is 12.5. The monoisotopic (exact) mass is 232 g/mol. The van der Waals surface area contributed by atoms with Crippen molar-refractivity contribution < 1.29 is 4.84 Å². The Morgan fingerprint density at radius 3 is 2.82 bits per heavy atom. The predicted octanol–water partition coefficient (Wildman–Crippen LogP) is 3.43. The number of fused-ring (bicyclic) bond motifs is 1. The summed E-state index contributed by atoms with van der Waals surface area (Å²) < 4.78 is 0. The Bertz CT molecular complexity index is 438. The van der Waals surface area contributed by atoms with Gasteiger partial charge in [-0.15, -0.1) is 0 Å². The number of hydrogen-bond donors (Lipinski definition) is 1. The molecule has 0 amide bonds. The molecule has 92 valence electrons. The van der Waals surface area contributed by atoms with Gasteiger partial charge in [0.1, 0.15) is 0 Å². The van der Waals surface area contributed by atoms with Crippen molar-refractivity contribution in [3.8, 4) is 5.75 Å². The average Bonchev–Trinajstić information content (AvgIpc) is 2.28. The Hall–Kier alpha value is -1.64. The van der Waals surface area contributed by atoms with E-state index in [4.69, 9.17) is 10.6 Å². The van der Waals surface area contributed by atoms with E-state index in [1.807, 2.05) is 35.5 Å². The largest absolute Gasteiger partial charge is 0.399 e. The highest BCUT2D eigenvalue weighted by Gasteiger charge is 2.27. The van der Waals surface area contributed by atoms with Crippen LogP contribution in [0.1, 0.15) is 39.2 Å². The number of nitrogens with two attached hydrogens (primary N) is 1. The first-order chi connectivity index (χ1) is 8.03. The van der Waals surface area contributed by atoms with Crippen molar-refractivity contribution in [2.24, 2.45) is 0 Å². The molecular weight excluding hydrogens is 212 g/mol. The average molecular weight is 232 g/mol. The third-order valence-electron chi connectivity index (χ3n) is 3.08. The highest BCUT2D eigenvalue weighted by molar-refractivity contribution is 5.63. The van der Waals surface area contributed by atoms with Gasteiger partial charge in [0.05, 0.1) is 5.54 Å². The minimum absolute atomic E-state index is 0.00429. The van der Waals surface area contributed by atoms with Crippen molar-refractivity contribution in [1.82, 2.24) is 5.06 Å². The van der Waals surface area contributed by atoms with E-state index in [9.17, 15) is 0 Å². The molecule has 1 aromatic carbocycles. The Labute approximate surface area is 103 Å². The second kappa shape index (κ2) is 4.32. The maximum absolute atomic E-state index is 5.90. The van der Waals surface area contributed by atoms with Gasteiger partial charge < -0.3 is 10.6 Å². The highest BCUT2D eigenvalue weighted by Crippen LogP contribution is 2.32. The molecule has 0 aliphatic carbocycles. The Morgan fingerprint density at radius 1 is 1.35 bits per heavy atom. The van der Waals surface area contributed by atoms with E-state index in [0.29, 0.717) is 0 Å². The van der Waals surface area contributed by atoms with Crippen LogP contribution in [-0.2, 0) is 0 Å². The molecule has 2 rings (SSSR count). The third kappa shape index (κ3) is 2.38. The van der Waals surface area contributed by atoms with Crippen LogP contribution in [0.3, 0.4) is 0 Å². The standard InChI is InChI=1S/C14H20N2O/c1-4-8-14(2,3)16-9-7-11-10-12(15)5-6-13(11)17-16/h5-7,9-10H,4,8,15H2,1-3H3. The predicted molar refractivity (Wildman–Crippen MR) is 71.3 cm³/mol. The van der Waals surface area contributed by atoms with Crippen LogP contribution in [0.15, 0.2) is 24.4 Å². The zero-order valence-corrected chi connectivity index (χ0v) is 10.7. The molecule has 3 nitrogen and oxygen atoms in total. The smallest absolute Gasteiger partial charge is 0.162 e. The minimum atomic E-state index is 0.00429. The maximum Gasteiger partial charge on any atom is 0.162 e. The van der Waals surface area contributed by atoms with Crippen molar-refractivity contribution in [2.45, 2.75) is 39.2 Å². The van der Waals surface area contributed by atoms with E-state index in [1.165, 1.54) is 0 Å². The van der Waals surface area contributed by atoms with Gasteiger partial charge in [-0.3, -0.25) is 0 Å². The van der Waals surface area contributed by atoms with Crippen LogP contribution in [0.2, 0.25) is 0 Å². The fourth-order valence-corrected chi connectivity index (χ4v) is 2.11. The number of benzene rings is 1. The number of rotatable bonds is 3. The molecule has 0 spiro atoms. The summed E-state index contributed by atoms with van der Waals surface area (Å²) in [5.74, 6) is 0.867. The molecule has 0 fully saturated rings. The third-order valence-corrected chi connectivity index (χ3v) is 3.08. The molecule has 1 aliphatic heterocycles. The summed E-state index contributed by atoms with van der Waals surface area (Å²) in [6, 6.07) is 5.71. The van der Waals surface area contributed by atoms with Crippen molar-refractivity contribution >= 4 is 11.8 Å². The van der Waals surface area contributed by atoms with Crippen molar-refractivity contribution in [1.29, 1.82) is 0 Å². The molecule has 0 atom stereocenters. The second-order valence-electron chi connectivity index (χ2n) is 5.09. The van der Waals surface area contributed by atoms with E-state index in [1.54, 1.807) is 0 Å². The normalized spacial score (nSPS) is 14.4. The van der Waals surface area contributed by atoms with E-state index < -0.39 is 0 Å². The number of hydroxylamine groups is 2. The first-order valence-corrected chi connectivity index (χ1v) is 6.08. The first-order valence-electron chi connectivity index (χ1n) is 6.08. The lowest BCUT2D eigenvalue weighted by atomic mass is 9.98. The fraction of sp³-hybridized carbons (Fsp3) is 0.429. The van der Waals surface area contributed by atoms with Gasteiger partial charge in [-0.05, 0) is 44.5 Å². The number of hydrogen-bond acceptors (Lipinski definition) is 3. The van der Waals surface area contributed by atoms with Gasteiger partial charge in [0.2, 0.25) is 0 Å². The summed E-state index contributed by atoms with van der Waals surface area (Å²) in [6.45, 7) is 6.55. The SMILES string of the molecule is CCCC(C)(C)N1C=Cc2cc(N)ccc2O1. The lowest BCUT2D eigenvalue weighted by molar-refractivity contribution is -0.0922. The molecule has 0 radical (unpaired) electrons.